The van der Waals surface area contributed by atoms with Gasteiger partial charge >= 0.3 is 12.1 Å². The van der Waals surface area contributed by atoms with Crippen molar-refractivity contribution in [3.63, 3.8) is 0 Å². The SMILES string of the molecule is CCCCCCNC(=O)C(CCC(=O)O)NC(=O)OCC1c2ccccc2-c2ccccc21. The second-order valence-corrected chi connectivity index (χ2v) is 8.31. The molecule has 33 heavy (non-hydrogen) atoms. The Bertz CT molecular complexity index is 929. The average molecular weight is 453 g/mol. The molecule has 1 unspecified atom stereocenters. The van der Waals surface area contributed by atoms with E-state index in [-0.39, 0.29) is 31.3 Å². The van der Waals surface area contributed by atoms with Gasteiger partial charge in [0, 0.05) is 18.9 Å². The van der Waals surface area contributed by atoms with Gasteiger partial charge in [0.05, 0.1) is 0 Å². The standard InChI is InChI=1S/C26H32N2O5/c1-2-3-4-9-16-27-25(31)23(14-15-24(29)30)28-26(32)33-17-22-20-12-7-5-10-18(20)19-11-6-8-13-21(19)22/h5-8,10-13,22-23H,2-4,9,14-17H2,1H3,(H,27,31)(H,28,32)(H,29,30). The zero-order chi connectivity index (χ0) is 23.6. The molecule has 2 aromatic carbocycles. The molecule has 176 valence electrons. The first-order chi connectivity index (χ1) is 16.0. The molecule has 0 saturated heterocycles. The molecule has 3 rings (SSSR count). The lowest BCUT2D eigenvalue weighted by molar-refractivity contribution is -0.137. The summed E-state index contributed by atoms with van der Waals surface area (Å²) in [7, 11) is 0. The van der Waals surface area contributed by atoms with Crippen LogP contribution < -0.4 is 10.6 Å². The van der Waals surface area contributed by atoms with E-state index in [0.717, 1.165) is 47.9 Å². The number of nitrogens with one attached hydrogen (secondary N) is 2. The van der Waals surface area contributed by atoms with Crippen LogP contribution in [0.2, 0.25) is 0 Å². The van der Waals surface area contributed by atoms with E-state index in [1.165, 1.54) is 0 Å². The van der Waals surface area contributed by atoms with E-state index in [4.69, 9.17) is 9.84 Å². The molecule has 0 saturated carbocycles. The lowest BCUT2D eigenvalue weighted by Crippen LogP contribution is -2.47. The predicted octanol–water partition coefficient (Wildman–Crippen LogP) is 4.46. The zero-order valence-electron chi connectivity index (χ0n) is 19.0. The molecular formula is C26H32N2O5. The molecule has 0 heterocycles. The quantitative estimate of drug-likeness (QED) is 0.413. The van der Waals surface area contributed by atoms with Crippen molar-refractivity contribution in [3.8, 4) is 11.1 Å². The zero-order valence-corrected chi connectivity index (χ0v) is 19.0. The number of carbonyl (C=O) groups excluding carboxylic acids is 2. The van der Waals surface area contributed by atoms with E-state index in [0.29, 0.717) is 6.54 Å². The minimum absolute atomic E-state index is 0.000320. The lowest BCUT2D eigenvalue weighted by atomic mass is 9.98. The van der Waals surface area contributed by atoms with E-state index < -0.39 is 18.1 Å². The van der Waals surface area contributed by atoms with Crippen molar-refractivity contribution >= 4 is 18.0 Å². The topological polar surface area (TPSA) is 105 Å². The van der Waals surface area contributed by atoms with Crippen LogP contribution in [0.1, 0.15) is 62.5 Å². The largest absolute Gasteiger partial charge is 0.481 e. The van der Waals surface area contributed by atoms with Crippen LogP contribution in [0.5, 0.6) is 0 Å². The molecule has 1 aliphatic carbocycles. The van der Waals surface area contributed by atoms with E-state index in [1.807, 2.05) is 36.4 Å². The van der Waals surface area contributed by atoms with Crippen LogP contribution >= 0.6 is 0 Å². The fraction of sp³-hybridized carbons (Fsp3) is 0.423. The number of hydrogen-bond acceptors (Lipinski definition) is 4. The van der Waals surface area contributed by atoms with E-state index in [2.05, 4.69) is 29.7 Å². The summed E-state index contributed by atoms with van der Waals surface area (Å²) in [4.78, 5) is 36.1. The Hall–Kier alpha value is -3.35. The number of rotatable bonds is 12. The molecule has 1 atom stereocenters. The van der Waals surface area contributed by atoms with Gasteiger partial charge in [-0.1, -0.05) is 74.7 Å². The van der Waals surface area contributed by atoms with Crippen molar-refractivity contribution in [1.82, 2.24) is 10.6 Å². The van der Waals surface area contributed by atoms with Crippen LogP contribution in [0.3, 0.4) is 0 Å². The van der Waals surface area contributed by atoms with Gasteiger partial charge in [0.1, 0.15) is 12.6 Å². The fourth-order valence-electron chi connectivity index (χ4n) is 4.21. The van der Waals surface area contributed by atoms with Crippen molar-refractivity contribution in [3.05, 3.63) is 59.7 Å². The molecule has 0 aliphatic heterocycles. The van der Waals surface area contributed by atoms with E-state index >= 15 is 0 Å². The Labute approximate surface area is 194 Å². The number of ether oxygens (including phenoxy) is 1. The Kier molecular flexibility index (Phi) is 8.87. The average Bonchev–Trinajstić information content (AvgIpc) is 3.13. The highest BCUT2D eigenvalue weighted by Crippen LogP contribution is 2.44. The molecule has 0 radical (unpaired) electrons. The fourth-order valence-corrected chi connectivity index (χ4v) is 4.21. The molecule has 7 heteroatoms. The predicted molar refractivity (Wildman–Crippen MR) is 126 cm³/mol. The first kappa shape index (κ1) is 24.3. The Morgan fingerprint density at radius 1 is 0.970 bits per heavy atom. The molecule has 2 amide bonds. The number of alkyl carbamates (subject to hydrolysis) is 1. The first-order valence-electron chi connectivity index (χ1n) is 11.6. The number of amides is 2. The van der Waals surface area contributed by atoms with Crippen LogP contribution in [-0.2, 0) is 14.3 Å². The Morgan fingerprint density at radius 3 is 2.21 bits per heavy atom. The second-order valence-electron chi connectivity index (χ2n) is 8.31. The smallest absolute Gasteiger partial charge is 0.407 e. The summed E-state index contributed by atoms with van der Waals surface area (Å²) in [6.45, 7) is 2.73. The third-order valence-corrected chi connectivity index (χ3v) is 5.93. The molecule has 0 aromatic heterocycles. The number of carboxylic acid groups (broad SMARTS) is 1. The molecule has 3 N–H and O–H groups in total. The van der Waals surface area contributed by atoms with Crippen molar-refractivity contribution in [1.29, 1.82) is 0 Å². The summed E-state index contributed by atoms with van der Waals surface area (Å²) >= 11 is 0. The number of aliphatic carboxylic acids is 1. The molecule has 0 spiro atoms. The second kappa shape index (κ2) is 12.0. The third kappa shape index (κ3) is 6.57. The first-order valence-corrected chi connectivity index (χ1v) is 11.6. The van der Waals surface area contributed by atoms with E-state index in [9.17, 15) is 14.4 Å². The highest BCUT2D eigenvalue weighted by molar-refractivity contribution is 5.86. The maximum atomic E-state index is 12.5. The molecule has 7 nitrogen and oxygen atoms in total. The Balaban J connectivity index is 1.58. The van der Waals surface area contributed by atoms with Crippen LogP contribution in [0, 0.1) is 0 Å². The number of unbranched alkanes of at least 4 members (excludes halogenated alkanes) is 3. The van der Waals surface area contributed by atoms with Gasteiger partial charge in [-0.25, -0.2) is 4.79 Å². The highest BCUT2D eigenvalue weighted by Gasteiger charge is 2.29. The van der Waals surface area contributed by atoms with Gasteiger partial charge in [0.2, 0.25) is 5.91 Å². The normalized spacial score (nSPS) is 13.0. The molecule has 0 bridgehead atoms. The summed E-state index contributed by atoms with van der Waals surface area (Å²) in [6.07, 6.45) is 3.09. The number of fused-ring (bicyclic) bond motifs is 3. The Morgan fingerprint density at radius 2 is 1.61 bits per heavy atom. The minimum Gasteiger partial charge on any atom is -0.481 e. The van der Waals surface area contributed by atoms with Crippen molar-refractivity contribution in [2.24, 2.45) is 0 Å². The minimum atomic E-state index is -1.02. The van der Waals surface area contributed by atoms with Crippen molar-refractivity contribution in [2.45, 2.75) is 57.4 Å². The number of hydrogen-bond donors (Lipinski definition) is 3. The number of carbonyl (C=O) groups is 3. The van der Waals surface area contributed by atoms with Gasteiger partial charge in [0.15, 0.2) is 0 Å². The molecule has 1 aliphatic rings. The van der Waals surface area contributed by atoms with Crippen molar-refractivity contribution in [2.75, 3.05) is 13.2 Å². The number of carboxylic acids is 1. The van der Waals surface area contributed by atoms with Gasteiger partial charge in [-0.2, -0.15) is 0 Å². The van der Waals surface area contributed by atoms with Gasteiger partial charge in [-0.3, -0.25) is 9.59 Å². The lowest BCUT2D eigenvalue weighted by Gasteiger charge is -2.19. The maximum absolute atomic E-state index is 12.5. The van der Waals surface area contributed by atoms with Crippen LogP contribution in [0.4, 0.5) is 4.79 Å². The molecule has 2 aromatic rings. The van der Waals surface area contributed by atoms with Gasteiger partial charge in [0.25, 0.3) is 0 Å². The van der Waals surface area contributed by atoms with Gasteiger partial charge in [-0.05, 0) is 35.1 Å². The monoisotopic (exact) mass is 452 g/mol. The summed E-state index contributed by atoms with van der Waals surface area (Å²) in [6, 6.07) is 15.1. The summed E-state index contributed by atoms with van der Waals surface area (Å²) in [5.41, 5.74) is 4.45. The summed E-state index contributed by atoms with van der Waals surface area (Å²) < 4.78 is 5.51. The van der Waals surface area contributed by atoms with Gasteiger partial charge in [-0.15, -0.1) is 0 Å². The number of benzene rings is 2. The highest BCUT2D eigenvalue weighted by atomic mass is 16.5. The summed E-state index contributed by atoms with van der Waals surface area (Å²) in [5, 5.41) is 14.4. The maximum Gasteiger partial charge on any atom is 0.407 e. The molecule has 0 fully saturated rings. The van der Waals surface area contributed by atoms with Crippen LogP contribution in [0.15, 0.2) is 48.5 Å². The van der Waals surface area contributed by atoms with Crippen molar-refractivity contribution < 1.29 is 24.2 Å². The van der Waals surface area contributed by atoms with E-state index in [1.54, 1.807) is 0 Å². The van der Waals surface area contributed by atoms with Crippen LogP contribution in [0.25, 0.3) is 11.1 Å². The third-order valence-electron chi connectivity index (χ3n) is 5.93. The van der Waals surface area contributed by atoms with Gasteiger partial charge < -0.3 is 20.5 Å². The summed E-state index contributed by atoms with van der Waals surface area (Å²) in [5.74, 6) is -1.50. The molecular weight excluding hydrogens is 420 g/mol. The van der Waals surface area contributed by atoms with Crippen LogP contribution in [-0.4, -0.2) is 42.3 Å².